The first-order chi connectivity index (χ1) is 15.4. The van der Waals surface area contributed by atoms with Gasteiger partial charge in [-0.1, -0.05) is 12.1 Å². The van der Waals surface area contributed by atoms with Gasteiger partial charge in [-0.25, -0.2) is 9.19 Å². The number of nitrogens with zero attached hydrogens (tertiary/aromatic N) is 2. The van der Waals surface area contributed by atoms with Crippen molar-refractivity contribution in [2.24, 2.45) is 0 Å². The minimum atomic E-state index is -4.78. The van der Waals surface area contributed by atoms with Crippen LogP contribution in [0.1, 0.15) is 5.56 Å². The van der Waals surface area contributed by atoms with Crippen molar-refractivity contribution in [2.45, 2.75) is 11.1 Å². The number of rotatable bonds is 7. The molecule has 3 aromatic rings. The zero-order valence-electron chi connectivity index (χ0n) is 17.7. The number of ether oxygens (including phenoxy) is 1. The lowest BCUT2D eigenvalue weighted by atomic mass is 10.2. The van der Waals surface area contributed by atoms with E-state index in [1.54, 1.807) is 31.5 Å². The van der Waals surface area contributed by atoms with Gasteiger partial charge in [0.25, 0.3) is 0 Å². The topological polar surface area (TPSA) is 113 Å². The van der Waals surface area contributed by atoms with Gasteiger partial charge < -0.3 is 24.5 Å². The van der Waals surface area contributed by atoms with Crippen molar-refractivity contribution in [1.29, 1.82) is 0 Å². The molecule has 0 aliphatic carbocycles. The first-order valence-corrected chi connectivity index (χ1v) is 13.0. The molecule has 0 aliphatic heterocycles. The quantitative estimate of drug-likeness (QED) is 0.313. The van der Waals surface area contributed by atoms with Crippen molar-refractivity contribution in [2.75, 3.05) is 31.1 Å². The molecule has 0 bridgehead atoms. The third-order valence-electron chi connectivity index (χ3n) is 4.48. The average molecular weight is 500 g/mol. The van der Waals surface area contributed by atoms with Crippen LogP contribution in [-0.4, -0.2) is 39.2 Å². The number of hydrogen-bond acceptors (Lipinski definition) is 7. The summed E-state index contributed by atoms with van der Waals surface area (Å²) < 4.78 is 79.2. The molecule has 1 aromatic heterocycles. The third kappa shape index (κ3) is 5.89. The van der Waals surface area contributed by atoms with Gasteiger partial charge in [0.2, 0.25) is 5.95 Å². The van der Waals surface area contributed by atoms with E-state index in [1.165, 1.54) is 31.4 Å². The first-order valence-electron chi connectivity index (χ1n) is 9.32. The van der Waals surface area contributed by atoms with Crippen LogP contribution in [0.2, 0.25) is 0 Å². The van der Waals surface area contributed by atoms with E-state index in [0.29, 0.717) is 22.9 Å². The highest BCUT2D eigenvalue weighted by Crippen LogP contribution is 2.39. The lowest BCUT2D eigenvalue weighted by Crippen LogP contribution is -2.13. The van der Waals surface area contributed by atoms with Crippen LogP contribution in [0.15, 0.2) is 53.6 Å². The molecule has 2 aromatic carbocycles. The van der Waals surface area contributed by atoms with Crippen LogP contribution in [0.5, 0.6) is 5.75 Å². The Morgan fingerprint density at radius 3 is 2.39 bits per heavy atom. The van der Waals surface area contributed by atoms with E-state index >= 15 is 0 Å². The van der Waals surface area contributed by atoms with Crippen molar-refractivity contribution in [3.8, 4) is 5.75 Å². The van der Waals surface area contributed by atoms with Gasteiger partial charge in [0.05, 0.1) is 23.4 Å². The summed E-state index contributed by atoms with van der Waals surface area (Å²) in [7, 11) is -1.17. The zero-order chi connectivity index (χ0) is 24.4. The van der Waals surface area contributed by atoms with Crippen LogP contribution >= 0.6 is 7.14 Å². The molecule has 8 nitrogen and oxygen atoms in total. The third-order valence-corrected chi connectivity index (χ3v) is 6.73. The molecular weight excluding hydrogens is 480 g/mol. The van der Waals surface area contributed by atoms with Gasteiger partial charge in [-0.15, -0.1) is 0 Å². The summed E-state index contributed by atoms with van der Waals surface area (Å²) in [5, 5.41) is 5.84. The molecule has 3 N–H and O–H groups in total. The van der Waals surface area contributed by atoms with E-state index in [-0.39, 0.29) is 16.5 Å². The Labute approximate surface area is 190 Å². The highest BCUT2D eigenvalue weighted by Gasteiger charge is 2.35. The highest BCUT2D eigenvalue weighted by atomic mass is 32.2. The number of nitrogens with one attached hydrogen (secondary N) is 2. The molecule has 33 heavy (non-hydrogen) atoms. The van der Waals surface area contributed by atoms with Crippen LogP contribution < -0.4 is 20.7 Å². The number of benzene rings is 2. The number of para-hydroxylation sites is 1. The highest BCUT2D eigenvalue weighted by molar-refractivity contribution is 7.79. The molecule has 0 amide bonds. The Morgan fingerprint density at radius 1 is 1.09 bits per heavy atom. The SMILES string of the molecule is COc1cc(P(C)(C)=O)ccc1Nc1ncc(C(F)(F)F)c(Nc2ccccc2S(=O)O)n1. The molecule has 0 radical (unpaired) electrons. The average Bonchev–Trinajstić information content (AvgIpc) is 2.72. The van der Waals surface area contributed by atoms with E-state index in [4.69, 9.17) is 4.74 Å². The van der Waals surface area contributed by atoms with E-state index < -0.39 is 35.8 Å². The summed E-state index contributed by atoms with van der Waals surface area (Å²) in [4.78, 5) is 7.57. The maximum Gasteiger partial charge on any atom is 0.421 e. The maximum absolute atomic E-state index is 13.5. The Kier molecular flexibility index (Phi) is 7.11. The van der Waals surface area contributed by atoms with Gasteiger partial charge in [-0.3, -0.25) is 0 Å². The fraction of sp³-hybridized carbons (Fsp3) is 0.200. The predicted molar refractivity (Wildman–Crippen MR) is 121 cm³/mol. The monoisotopic (exact) mass is 500 g/mol. The molecule has 1 atom stereocenters. The van der Waals surface area contributed by atoms with Gasteiger partial charge in [0, 0.05) is 11.5 Å². The fourth-order valence-electron chi connectivity index (χ4n) is 2.83. The van der Waals surface area contributed by atoms with Crippen molar-refractivity contribution >= 4 is 46.7 Å². The molecule has 13 heteroatoms. The number of alkyl halides is 3. The van der Waals surface area contributed by atoms with E-state index in [0.717, 1.165) is 0 Å². The molecule has 0 fully saturated rings. The molecule has 0 saturated heterocycles. The van der Waals surface area contributed by atoms with Gasteiger partial charge in [0.15, 0.2) is 11.1 Å². The fourth-order valence-corrected chi connectivity index (χ4v) is 4.20. The molecule has 1 heterocycles. The first kappa shape index (κ1) is 24.7. The number of anilines is 4. The number of hydrogen-bond donors (Lipinski definition) is 3. The van der Waals surface area contributed by atoms with Gasteiger partial charge in [-0.05, 0) is 43.7 Å². The van der Waals surface area contributed by atoms with Gasteiger partial charge >= 0.3 is 6.18 Å². The molecule has 1 unspecified atom stereocenters. The number of aromatic nitrogens is 2. The van der Waals surface area contributed by atoms with E-state index in [9.17, 15) is 26.5 Å². The van der Waals surface area contributed by atoms with Crippen molar-refractivity contribution in [3.05, 3.63) is 54.2 Å². The predicted octanol–water partition coefficient (Wildman–Crippen LogP) is 4.82. The van der Waals surface area contributed by atoms with Crippen molar-refractivity contribution in [3.63, 3.8) is 0 Å². The van der Waals surface area contributed by atoms with Gasteiger partial charge in [-0.2, -0.15) is 18.2 Å². The maximum atomic E-state index is 13.5. The number of halogens is 3. The Morgan fingerprint density at radius 2 is 1.79 bits per heavy atom. The lowest BCUT2D eigenvalue weighted by molar-refractivity contribution is -0.137. The van der Waals surface area contributed by atoms with E-state index in [2.05, 4.69) is 20.6 Å². The summed E-state index contributed by atoms with van der Waals surface area (Å²) in [6, 6.07) is 10.4. The molecular formula is C20H20F3N4O4PS. The number of methoxy groups -OCH3 is 1. The second kappa shape index (κ2) is 9.50. The summed E-state index contributed by atoms with van der Waals surface area (Å²) in [5.41, 5.74) is -0.832. The Hall–Kier alpha value is -2.95. The minimum Gasteiger partial charge on any atom is -0.495 e. The van der Waals surface area contributed by atoms with Gasteiger partial charge in [0.1, 0.15) is 24.3 Å². The summed E-state index contributed by atoms with van der Waals surface area (Å²) in [6.45, 7) is 3.20. The van der Waals surface area contributed by atoms with Crippen LogP contribution in [-0.2, 0) is 21.8 Å². The lowest BCUT2D eigenvalue weighted by Gasteiger charge is -2.17. The Balaban J connectivity index is 2.03. The molecule has 0 spiro atoms. The molecule has 0 saturated carbocycles. The van der Waals surface area contributed by atoms with Crippen LogP contribution in [0.4, 0.5) is 36.3 Å². The largest absolute Gasteiger partial charge is 0.495 e. The van der Waals surface area contributed by atoms with Crippen LogP contribution in [0.3, 0.4) is 0 Å². The second-order valence-electron chi connectivity index (χ2n) is 7.18. The second-order valence-corrected chi connectivity index (χ2v) is 11.3. The van der Waals surface area contributed by atoms with Crippen molar-refractivity contribution < 1.29 is 31.2 Å². The van der Waals surface area contributed by atoms with E-state index in [1.807, 2.05) is 0 Å². The molecule has 0 aliphatic rings. The normalized spacial score (nSPS) is 12.8. The Bertz CT molecular complexity index is 1250. The summed E-state index contributed by atoms with van der Waals surface area (Å²) in [6.07, 6.45) is -4.18. The standard InChI is InChI=1S/C20H20F3N4O4PS/c1-31-16-10-12(32(2,3)28)8-9-14(16)26-19-24-11-13(20(21,22)23)18(27-19)25-15-6-4-5-7-17(15)33(29)30/h4-11H,1-3H3,(H,29,30)(H2,24,25,26,27). The molecule has 176 valence electrons. The van der Waals surface area contributed by atoms with Crippen molar-refractivity contribution in [1.82, 2.24) is 9.97 Å². The van der Waals surface area contributed by atoms with Crippen LogP contribution in [0, 0.1) is 0 Å². The van der Waals surface area contributed by atoms with Crippen LogP contribution in [0.25, 0.3) is 0 Å². The molecule has 3 rings (SSSR count). The summed E-state index contributed by atoms with van der Waals surface area (Å²) in [5.74, 6) is -0.495. The summed E-state index contributed by atoms with van der Waals surface area (Å²) >= 11 is -2.44. The smallest absolute Gasteiger partial charge is 0.421 e. The minimum absolute atomic E-state index is 0.0166. The zero-order valence-corrected chi connectivity index (χ0v) is 19.4.